The molecule has 14 heteroatoms. The fourth-order valence-electron chi connectivity index (χ4n) is 4.67. The van der Waals surface area contributed by atoms with Gasteiger partial charge in [-0.1, -0.05) is 17.3 Å². The molecular formula is C25H26N10O4. The number of aryl methyl sites for hydroxylation is 1. The van der Waals surface area contributed by atoms with Crippen molar-refractivity contribution in [1.82, 2.24) is 50.4 Å². The maximum atomic E-state index is 13.3. The van der Waals surface area contributed by atoms with Crippen LogP contribution in [0.15, 0.2) is 48.8 Å². The normalized spacial score (nSPS) is 19.4. The molecule has 2 aliphatic rings. The molecule has 2 amide bonds. The third kappa shape index (κ3) is 5.31. The Kier molecular flexibility index (Phi) is 6.67. The number of likely N-dealkylation sites (tertiary alicyclic amines) is 1. The molecule has 14 nitrogen and oxygen atoms in total. The molecule has 2 atom stereocenters. The van der Waals surface area contributed by atoms with Crippen LogP contribution >= 0.6 is 0 Å². The maximum absolute atomic E-state index is 13.3. The quantitative estimate of drug-likeness (QED) is 0.386. The SMILES string of the molecule is Cc1nnnn1-c1ccc(CC(=O)N2C[C@@H]3NC(=O)c4ncccc4OCCn4cc(nn4)CO[C@H]3C2)cc1. The van der Waals surface area contributed by atoms with Gasteiger partial charge in [-0.05, 0) is 47.2 Å². The van der Waals surface area contributed by atoms with Crippen molar-refractivity contribution in [3.8, 4) is 11.4 Å². The van der Waals surface area contributed by atoms with Gasteiger partial charge in [0.05, 0.1) is 43.6 Å². The Morgan fingerprint density at radius 2 is 2.00 bits per heavy atom. The van der Waals surface area contributed by atoms with Gasteiger partial charge in [0, 0.05) is 19.3 Å². The molecule has 1 saturated heterocycles. The van der Waals surface area contributed by atoms with Crippen molar-refractivity contribution in [2.24, 2.45) is 0 Å². The number of nitrogens with one attached hydrogen (secondary N) is 1. The number of fused-ring (bicyclic) bond motifs is 4. The molecule has 2 aliphatic heterocycles. The van der Waals surface area contributed by atoms with Crippen LogP contribution < -0.4 is 10.1 Å². The van der Waals surface area contributed by atoms with E-state index in [1.54, 1.807) is 38.8 Å². The Hall–Kier alpha value is -4.72. The first-order chi connectivity index (χ1) is 19.0. The highest BCUT2D eigenvalue weighted by atomic mass is 16.5. The van der Waals surface area contributed by atoms with E-state index < -0.39 is 12.1 Å². The number of carbonyl (C=O) groups excluding carboxylic acids is 2. The van der Waals surface area contributed by atoms with Crippen molar-refractivity contribution in [2.75, 3.05) is 19.7 Å². The number of rotatable bonds is 3. The third-order valence-corrected chi connectivity index (χ3v) is 6.69. The predicted molar refractivity (Wildman–Crippen MR) is 134 cm³/mol. The Morgan fingerprint density at radius 3 is 2.82 bits per heavy atom. The second-order valence-electron chi connectivity index (χ2n) is 9.38. The molecule has 1 N–H and O–H groups in total. The maximum Gasteiger partial charge on any atom is 0.274 e. The number of ether oxygens (including phenoxy) is 2. The van der Waals surface area contributed by atoms with Crippen molar-refractivity contribution in [1.29, 1.82) is 0 Å². The highest BCUT2D eigenvalue weighted by molar-refractivity contribution is 5.95. The summed E-state index contributed by atoms with van der Waals surface area (Å²) in [4.78, 5) is 32.4. The molecule has 5 heterocycles. The lowest BCUT2D eigenvalue weighted by Gasteiger charge is -2.20. The first kappa shape index (κ1) is 24.6. The van der Waals surface area contributed by atoms with Crippen LogP contribution in [0.3, 0.4) is 0 Å². The van der Waals surface area contributed by atoms with E-state index in [2.05, 4.69) is 36.1 Å². The van der Waals surface area contributed by atoms with Crippen LogP contribution in [-0.2, 0) is 29.1 Å². The van der Waals surface area contributed by atoms with Crippen molar-refractivity contribution >= 4 is 11.8 Å². The predicted octanol–water partition coefficient (Wildman–Crippen LogP) is 0.118. The first-order valence-electron chi connectivity index (χ1n) is 12.5. The van der Waals surface area contributed by atoms with E-state index in [4.69, 9.17) is 9.47 Å². The topological polar surface area (TPSA) is 155 Å². The zero-order valence-corrected chi connectivity index (χ0v) is 21.2. The second kappa shape index (κ2) is 10.6. The van der Waals surface area contributed by atoms with Crippen molar-refractivity contribution in [3.05, 3.63) is 71.6 Å². The van der Waals surface area contributed by atoms with E-state index in [-0.39, 0.29) is 30.5 Å². The monoisotopic (exact) mass is 530 g/mol. The highest BCUT2D eigenvalue weighted by Crippen LogP contribution is 2.21. The zero-order valence-electron chi connectivity index (χ0n) is 21.2. The number of pyridine rings is 1. The average Bonchev–Trinajstić information content (AvgIpc) is 3.68. The van der Waals surface area contributed by atoms with Crippen molar-refractivity contribution in [3.63, 3.8) is 0 Å². The number of benzene rings is 1. The van der Waals surface area contributed by atoms with Crippen LogP contribution in [0.1, 0.15) is 27.6 Å². The molecule has 3 aromatic heterocycles. The van der Waals surface area contributed by atoms with Gasteiger partial charge in [-0.15, -0.1) is 10.2 Å². The molecule has 1 fully saturated rings. The lowest BCUT2D eigenvalue weighted by atomic mass is 10.1. The number of aromatic nitrogens is 8. The van der Waals surface area contributed by atoms with Gasteiger partial charge in [0.2, 0.25) is 5.91 Å². The molecule has 0 unspecified atom stereocenters. The lowest BCUT2D eigenvalue weighted by molar-refractivity contribution is -0.130. The lowest BCUT2D eigenvalue weighted by Crippen LogP contribution is -2.44. The molecule has 1 aromatic carbocycles. The summed E-state index contributed by atoms with van der Waals surface area (Å²) in [5.74, 6) is 0.581. The van der Waals surface area contributed by atoms with Crippen molar-refractivity contribution in [2.45, 2.75) is 38.6 Å². The molecule has 0 saturated carbocycles. The Balaban J connectivity index is 1.18. The van der Waals surface area contributed by atoms with Gasteiger partial charge in [-0.3, -0.25) is 9.59 Å². The van der Waals surface area contributed by atoms with E-state index in [1.165, 1.54) is 0 Å². The Labute approximate surface area is 222 Å². The van der Waals surface area contributed by atoms with E-state index >= 15 is 0 Å². The number of carbonyl (C=O) groups is 2. The van der Waals surface area contributed by atoms with Crippen LogP contribution in [0.25, 0.3) is 5.69 Å². The summed E-state index contributed by atoms with van der Waals surface area (Å²) in [6.45, 7) is 3.38. The summed E-state index contributed by atoms with van der Waals surface area (Å²) in [5, 5.41) is 22.8. The van der Waals surface area contributed by atoms with Crippen LogP contribution in [0.4, 0.5) is 0 Å². The molecule has 4 aromatic rings. The van der Waals surface area contributed by atoms with Crippen LogP contribution in [0, 0.1) is 6.92 Å². The van der Waals surface area contributed by atoms with Gasteiger partial charge in [0.1, 0.15) is 12.3 Å². The highest BCUT2D eigenvalue weighted by Gasteiger charge is 2.37. The third-order valence-electron chi connectivity index (χ3n) is 6.69. The summed E-state index contributed by atoms with van der Waals surface area (Å²) in [7, 11) is 0. The van der Waals surface area contributed by atoms with E-state index in [1.807, 2.05) is 31.2 Å². The molecule has 0 spiro atoms. The summed E-state index contributed by atoms with van der Waals surface area (Å²) < 4.78 is 15.3. The van der Waals surface area contributed by atoms with Gasteiger partial charge in [0.15, 0.2) is 17.3 Å². The average molecular weight is 531 g/mol. The van der Waals surface area contributed by atoms with Crippen LogP contribution in [0.5, 0.6) is 5.75 Å². The van der Waals surface area contributed by atoms with Gasteiger partial charge in [-0.2, -0.15) is 4.68 Å². The largest absolute Gasteiger partial charge is 0.489 e. The molecule has 0 aliphatic carbocycles. The Bertz CT molecular complexity index is 1480. The molecule has 200 valence electrons. The molecule has 0 radical (unpaired) electrons. The zero-order chi connectivity index (χ0) is 26.8. The number of nitrogens with zero attached hydrogens (tertiary/aromatic N) is 9. The smallest absolute Gasteiger partial charge is 0.274 e. The molecular weight excluding hydrogens is 504 g/mol. The molecule has 2 bridgehead atoms. The van der Waals surface area contributed by atoms with Gasteiger partial charge >= 0.3 is 0 Å². The molecule has 39 heavy (non-hydrogen) atoms. The van der Waals surface area contributed by atoms with Crippen LogP contribution in [0.2, 0.25) is 0 Å². The minimum atomic E-state index is -0.445. The van der Waals surface area contributed by atoms with E-state index in [9.17, 15) is 9.59 Å². The number of amides is 2. The van der Waals surface area contributed by atoms with Gasteiger partial charge in [-0.25, -0.2) is 9.67 Å². The van der Waals surface area contributed by atoms with Gasteiger partial charge < -0.3 is 19.7 Å². The fraction of sp³-hybridized carbons (Fsp3) is 0.360. The van der Waals surface area contributed by atoms with Crippen molar-refractivity contribution < 1.29 is 19.1 Å². The minimum Gasteiger partial charge on any atom is -0.489 e. The molecule has 6 rings (SSSR count). The summed E-state index contributed by atoms with van der Waals surface area (Å²) in [6, 6.07) is 10.5. The first-order valence-corrected chi connectivity index (χ1v) is 12.5. The standard InChI is InChI=1S/C25H26N10O4/c1-16-28-30-32-35(16)19-6-4-17(5-7-19)11-23(36)33-13-20-22(14-33)39-15-18-12-34(31-29-18)9-10-38-21-3-2-8-26-24(21)25(37)27-20/h2-8,12,20,22H,9-11,13-15H2,1H3,(H,27,37)/t20-,22-/m0/s1. The van der Waals surface area contributed by atoms with E-state index in [0.29, 0.717) is 43.5 Å². The summed E-state index contributed by atoms with van der Waals surface area (Å²) in [5.41, 5.74) is 2.49. The summed E-state index contributed by atoms with van der Waals surface area (Å²) >= 11 is 0. The number of hydrogen-bond donors (Lipinski definition) is 1. The minimum absolute atomic E-state index is 0.0718. The van der Waals surface area contributed by atoms with Crippen LogP contribution in [-0.4, -0.2) is 88.7 Å². The fourth-order valence-corrected chi connectivity index (χ4v) is 4.67. The summed E-state index contributed by atoms with van der Waals surface area (Å²) in [6.07, 6.45) is 3.10. The van der Waals surface area contributed by atoms with E-state index in [0.717, 1.165) is 11.3 Å². The number of tetrazole rings is 1. The number of hydrogen-bond acceptors (Lipinski definition) is 10. The Morgan fingerprint density at radius 1 is 1.13 bits per heavy atom. The second-order valence-corrected chi connectivity index (χ2v) is 9.38. The van der Waals surface area contributed by atoms with Gasteiger partial charge in [0.25, 0.3) is 5.91 Å².